The topological polar surface area (TPSA) is 50.8 Å². The molecule has 0 radical (unpaired) electrons. The van der Waals surface area contributed by atoms with Gasteiger partial charge < -0.3 is 19.7 Å². The summed E-state index contributed by atoms with van der Waals surface area (Å²) in [5.41, 5.74) is 1.02. The summed E-state index contributed by atoms with van der Waals surface area (Å²) in [6, 6.07) is 8.73. The molecule has 7 heteroatoms. The number of rotatable bonds is 6. The van der Waals surface area contributed by atoms with Crippen molar-refractivity contribution in [1.29, 1.82) is 0 Å². The van der Waals surface area contributed by atoms with E-state index in [1.807, 2.05) is 0 Å². The van der Waals surface area contributed by atoms with Gasteiger partial charge >= 0.3 is 0 Å². The molecule has 26 heavy (non-hydrogen) atoms. The predicted molar refractivity (Wildman–Crippen MR) is 93.4 cm³/mol. The fraction of sp³-hybridized carbons (Fsp3) is 0.316. The number of anilines is 1. The normalized spacial score (nSPS) is 12.9. The number of ether oxygens (including phenoxy) is 2. The minimum Gasteiger partial charge on any atom is -0.486 e. The molecule has 1 aliphatic heterocycles. The second kappa shape index (κ2) is 8.14. The molecular weight excluding hydrogens is 342 g/mol. The zero-order valence-corrected chi connectivity index (χ0v) is 14.4. The Bertz CT molecular complexity index is 798. The van der Waals surface area contributed by atoms with Gasteiger partial charge in [-0.2, -0.15) is 0 Å². The Morgan fingerprint density at radius 1 is 1.12 bits per heavy atom. The summed E-state index contributed by atoms with van der Waals surface area (Å²) in [5.74, 6) is -0.0772. The molecule has 1 amide bonds. The van der Waals surface area contributed by atoms with Gasteiger partial charge in [-0.05, 0) is 25.2 Å². The Morgan fingerprint density at radius 2 is 1.88 bits per heavy atom. The second-order valence-electron chi connectivity index (χ2n) is 6.13. The third-order valence-corrected chi connectivity index (χ3v) is 4.00. The first kappa shape index (κ1) is 18.1. The van der Waals surface area contributed by atoms with Crippen LogP contribution in [-0.2, 0) is 11.3 Å². The van der Waals surface area contributed by atoms with E-state index in [0.717, 1.165) is 6.07 Å². The van der Waals surface area contributed by atoms with Gasteiger partial charge in [-0.25, -0.2) is 8.78 Å². The Labute approximate surface area is 150 Å². The quantitative estimate of drug-likeness (QED) is 0.857. The van der Waals surface area contributed by atoms with Gasteiger partial charge in [0, 0.05) is 42.9 Å². The number of fused-ring (bicyclic) bond motifs is 1. The van der Waals surface area contributed by atoms with Crippen LogP contribution in [0.15, 0.2) is 36.4 Å². The fourth-order valence-electron chi connectivity index (χ4n) is 2.66. The number of carbonyl (C=O) groups excluding carboxylic acids is 1. The molecule has 1 aliphatic rings. The van der Waals surface area contributed by atoms with Crippen LogP contribution in [0.1, 0.15) is 12.0 Å². The van der Waals surface area contributed by atoms with Crippen molar-refractivity contribution in [2.24, 2.45) is 0 Å². The van der Waals surface area contributed by atoms with Gasteiger partial charge in [0.05, 0.1) is 0 Å². The zero-order valence-electron chi connectivity index (χ0n) is 14.4. The number of amides is 1. The van der Waals surface area contributed by atoms with Gasteiger partial charge in [-0.15, -0.1) is 0 Å². The van der Waals surface area contributed by atoms with E-state index in [4.69, 9.17) is 9.47 Å². The second-order valence-corrected chi connectivity index (χ2v) is 6.13. The van der Waals surface area contributed by atoms with Crippen molar-refractivity contribution in [3.05, 3.63) is 53.6 Å². The molecular formula is C19H20F2N2O3. The van der Waals surface area contributed by atoms with E-state index in [-0.39, 0.29) is 12.3 Å². The lowest BCUT2D eigenvalue weighted by atomic mass is 10.2. The monoisotopic (exact) mass is 362 g/mol. The minimum absolute atomic E-state index is 0.159. The summed E-state index contributed by atoms with van der Waals surface area (Å²) in [6.07, 6.45) is 0.244. The molecule has 0 bridgehead atoms. The van der Waals surface area contributed by atoms with Crippen LogP contribution in [0, 0.1) is 11.6 Å². The number of hydrogen-bond donors (Lipinski definition) is 1. The Kier molecular flexibility index (Phi) is 5.68. The van der Waals surface area contributed by atoms with E-state index in [1.165, 1.54) is 12.1 Å². The highest BCUT2D eigenvalue weighted by atomic mass is 19.1. The third-order valence-electron chi connectivity index (χ3n) is 4.00. The lowest BCUT2D eigenvalue weighted by Gasteiger charge is -2.19. The van der Waals surface area contributed by atoms with Gasteiger partial charge in [-0.1, -0.05) is 6.07 Å². The van der Waals surface area contributed by atoms with Gasteiger partial charge in [0.25, 0.3) is 0 Å². The van der Waals surface area contributed by atoms with E-state index in [2.05, 4.69) is 5.32 Å². The van der Waals surface area contributed by atoms with Crippen molar-refractivity contribution in [2.45, 2.75) is 13.0 Å². The molecule has 0 aliphatic carbocycles. The minimum atomic E-state index is -0.604. The SMILES string of the molecule is CN(CCC(=O)Nc1ccc2c(c1)OCCO2)Cc1ccc(F)cc1F. The summed E-state index contributed by atoms with van der Waals surface area (Å²) in [6.45, 7) is 1.73. The highest BCUT2D eigenvalue weighted by molar-refractivity contribution is 5.91. The molecule has 0 unspecified atom stereocenters. The molecule has 0 spiro atoms. The maximum atomic E-state index is 13.7. The summed E-state index contributed by atoms with van der Waals surface area (Å²) in [7, 11) is 1.78. The molecule has 2 aromatic carbocycles. The van der Waals surface area contributed by atoms with Crippen LogP contribution in [0.2, 0.25) is 0 Å². The number of nitrogens with one attached hydrogen (secondary N) is 1. The summed E-state index contributed by atoms with van der Waals surface area (Å²) < 4.78 is 37.5. The van der Waals surface area contributed by atoms with Gasteiger partial charge in [0.2, 0.25) is 5.91 Å². The molecule has 3 rings (SSSR count). The van der Waals surface area contributed by atoms with Crippen molar-refractivity contribution in [3.63, 3.8) is 0 Å². The van der Waals surface area contributed by atoms with Crippen LogP contribution in [-0.4, -0.2) is 37.6 Å². The number of hydrogen-bond acceptors (Lipinski definition) is 4. The van der Waals surface area contributed by atoms with E-state index in [9.17, 15) is 13.6 Å². The maximum absolute atomic E-state index is 13.7. The first-order valence-electron chi connectivity index (χ1n) is 8.33. The van der Waals surface area contributed by atoms with Crippen LogP contribution in [0.3, 0.4) is 0 Å². The zero-order chi connectivity index (χ0) is 18.5. The van der Waals surface area contributed by atoms with Crippen molar-refractivity contribution < 1.29 is 23.0 Å². The van der Waals surface area contributed by atoms with Crippen LogP contribution in [0.25, 0.3) is 0 Å². The Hall–Kier alpha value is -2.67. The molecule has 0 saturated carbocycles. The van der Waals surface area contributed by atoms with E-state index >= 15 is 0 Å². The lowest BCUT2D eigenvalue weighted by molar-refractivity contribution is -0.116. The average molecular weight is 362 g/mol. The summed E-state index contributed by atoms with van der Waals surface area (Å²) in [5, 5.41) is 2.81. The van der Waals surface area contributed by atoms with Crippen molar-refractivity contribution in [2.75, 3.05) is 32.1 Å². The summed E-state index contributed by atoms with van der Waals surface area (Å²) >= 11 is 0. The van der Waals surface area contributed by atoms with E-state index in [1.54, 1.807) is 30.1 Å². The number of nitrogens with zero attached hydrogens (tertiary/aromatic N) is 1. The molecule has 0 atom stereocenters. The molecule has 138 valence electrons. The molecule has 0 saturated heterocycles. The predicted octanol–water partition coefficient (Wildman–Crippen LogP) is 3.20. The number of carbonyl (C=O) groups is 1. The van der Waals surface area contributed by atoms with Crippen LogP contribution in [0.4, 0.5) is 14.5 Å². The molecule has 1 heterocycles. The third kappa shape index (κ3) is 4.70. The first-order chi connectivity index (χ1) is 12.5. The highest BCUT2D eigenvalue weighted by Crippen LogP contribution is 2.32. The maximum Gasteiger partial charge on any atom is 0.225 e. The van der Waals surface area contributed by atoms with E-state index < -0.39 is 11.6 Å². The summed E-state index contributed by atoms with van der Waals surface area (Å²) in [4.78, 5) is 13.9. The Balaban J connectivity index is 1.49. The average Bonchev–Trinajstić information content (AvgIpc) is 2.62. The van der Waals surface area contributed by atoms with Gasteiger partial charge in [-0.3, -0.25) is 4.79 Å². The van der Waals surface area contributed by atoms with E-state index in [0.29, 0.717) is 49.1 Å². The molecule has 1 N–H and O–H groups in total. The number of halogens is 2. The van der Waals surface area contributed by atoms with Crippen molar-refractivity contribution in [3.8, 4) is 11.5 Å². The highest BCUT2D eigenvalue weighted by Gasteiger charge is 2.13. The van der Waals surface area contributed by atoms with Gasteiger partial charge in [0.1, 0.15) is 24.8 Å². The van der Waals surface area contributed by atoms with Crippen molar-refractivity contribution >= 4 is 11.6 Å². The lowest BCUT2D eigenvalue weighted by Crippen LogP contribution is -2.24. The van der Waals surface area contributed by atoms with Crippen LogP contribution < -0.4 is 14.8 Å². The molecule has 0 aromatic heterocycles. The Morgan fingerprint density at radius 3 is 2.65 bits per heavy atom. The molecule has 5 nitrogen and oxygen atoms in total. The fourth-order valence-corrected chi connectivity index (χ4v) is 2.66. The van der Waals surface area contributed by atoms with Crippen LogP contribution >= 0.6 is 0 Å². The first-order valence-corrected chi connectivity index (χ1v) is 8.33. The molecule has 2 aromatic rings. The van der Waals surface area contributed by atoms with Crippen LogP contribution in [0.5, 0.6) is 11.5 Å². The van der Waals surface area contributed by atoms with Crippen molar-refractivity contribution in [1.82, 2.24) is 4.90 Å². The molecule has 0 fully saturated rings. The van der Waals surface area contributed by atoms with Gasteiger partial charge in [0.15, 0.2) is 11.5 Å². The largest absolute Gasteiger partial charge is 0.486 e. The standard InChI is InChI=1S/C19H20F2N2O3/c1-23(12-13-2-3-14(20)10-16(13)21)7-6-19(24)22-15-4-5-17-18(11-15)26-9-8-25-17/h2-5,10-11H,6-9,12H2,1H3,(H,22,24). The number of benzene rings is 2. The smallest absolute Gasteiger partial charge is 0.225 e.